The van der Waals surface area contributed by atoms with E-state index in [1.807, 2.05) is 0 Å². The van der Waals surface area contributed by atoms with Gasteiger partial charge < -0.3 is 0 Å². The highest BCUT2D eigenvalue weighted by atomic mass is 15.5. The smallest absolute Gasteiger partial charge is 0.258 e. The fourth-order valence-corrected chi connectivity index (χ4v) is 15.5. The summed E-state index contributed by atoms with van der Waals surface area (Å²) in [7, 11) is 0. The minimum Gasteiger partial charge on any atom is -0.258 e. The highest BCUT2D eigenvalue weighted by Gasteiger charge is 2.56. The Morgan fingerprint density at radius 1 is 0.230 bits per heavy atom. The van der Waals surface area contributed by atoms with Crippen LogP contribution in [0.4, 0.5) is 0 Å². The molecule has 6 nitrogen and oxygen atoms in total. The number of hydrogen-bond donors (Lipinski definition) is 0. The molecule has 0 saturated carbocycles. The minimum absolute atomic E-state index is 0.0157. The predicted molar refractivity (Wildman–Crippen MR) is 424 cm³/mol. The van der Waals surface area contributed by atoms with Gasteiger partial charge in [0.05, 0.1) is 52.4 Å². The molecular formula is C94H124N6+2. The molecule has 0 radical (unpaired) electrons. The third-order valence-corrected chi connectivity index (χ3v) is 21.7. The summed E-state index contributed by atoms with van der Waals surface area (Å²) in [5, 5.41) is 0. The summed E-state index contributed by atoms with van der Waals surface area (Å²) in [5.41, 5.74) is 21.5. The van der Waals surface area contributed by atoms with Crippen LogP contribution in [0, 0.1) is 0 Å². The molecule has 3 saturated heterocycles. The monoisotopic (exact) mass is 1340 g/mol. The van der Waals surface area contributed by atoms with E-state index in [2.05, 4.69) is 389 Å². The summed E-state index contributed by atoms with van der Waals surface area (Å²) in [6, 6.07) is 76.5. The Bertz CT molecular complexity index is 3560. The van der Waals surface area contributed by atoms with Gasteiger partial charge in [0.25, 0.3) is 0 Å². The summed E-state index contributed by atoms with van der Waals surface area (Å²) in [4.78, 5) is 11.5. The molecule has 11 rings (SSSR count). The molecule has 3 fully saturated rings. The second kappa shape index (κ2) is 27.6. The summed E-state index contributed by atoms with van der Waals surface area (Å²) in [6.07, 6.45) is 0. The first-order valence-corrected chi connectivity index (χ1v) is 37.7. The molecule has 6 heteroatoms. The SMILES string of the molecule is CC(C)(C)c1cc(CN2C(=[N+]3CC[N+](=C4N(Cc5cc(C(C)(C)C)cc(C(C)(C)C)c5)[C@@H](c5ccccc5)[C@H](c5ccccc5)N4Cc4cc(C(C)(C)C)cc(C(C)(C)C)c4)CC3)N(Cc3cc(C(C)(C)C)cc(C(C)(C)C)c3)[C@@H](c3ccccc3)[C@@H]2c2ccccc2)cc(C(C)(C)C)c1. The van der Waals surface area contributed by atoms with Crippen molar-refractivity contribution in [1.29, 1.82) is 0 Å². The van der Waals surface area contributed by atoms with Gasteiger partial charge in [-0.2, -0.15) is 0 Å². The second-order valence-corrected chi connectivity index (χ2v) is 38.2. The predicted octanol–water partition coefficient (Wildman–Crippen LogP) is 22.1. The Balaban J connectivity index is 1.20. The van der Waals surface area contributed by atoms with E-state index in [0.29, 0.717) is 0 Å². The summed E-state index contributed by atoms with van der Waals surface area (Å²) < 4.78 is 5.68. The maximum atomic E-state index is 2.87. The third-order valence-electron chi connectivity index (χ3n) is 21.7. The van der Waals surface area contributed by atoms with Gasteiger partial charge in [-0.1, -0.05) is 360 Å². The van der Waals surface area contributed by atoms with Crippen molar-refractivity contribution in [3.05, 3.63) is 283 Å². The Labute approximate surface area is 606 Å². The maximum Gasteiger partial charge on any atom is 0.352 e. The van der Waals surface area contributed by atoms with Gasteiger partial charge in [0.2, 0.25) is 0 Å². The van der Waals surface area contributed by atoms with E-state index in [0.717, 1.165) is 52.4 Å². The van der Waals surface area contributed by atoms with Crippen LogP contribution in [0.3, 0.4) is 0 Å². The minimum atomic E-state index is -0.0442. The zero-order valence-corrected chi connectivity index (χ0v) is 66.1. The van der Waals surface area contributed by atoms with Crippen LogP contribution in [-0.4, -0.2) is 66.8 Å². The normalized spacial score (nSPS) is 18.6. The molecule has 4 atom stereocenters. The molecule has 3 aliphatic rings. The Morgan fingerprint density at radius 3 is 0.520 bits per heavy atom. The lowest BCUT2D eigenvalue weighted by molar-refractivity contribution is -0.671. The molecule has 0 amide bonds. The van der Waals surface area contributed by atoms with Crippen LogP contribution in [0.2, 0.25) is 0 Å². The van der Waals surface area contributed by atoms with E-state index in [4.69, 9.17) is 0 Å². The molecule has 528 valence electrons. The fraction of sp³-hybridized carbons (Fsp3) is 0.468. The van der Waals surface area contributed by atoms with Crippen molar-refractivity contribution < 1.29 is 9.15 Å². The van der Waals surface area contributed by atoms with E-state index < -0.39 is 0 Å². The third kappa shape index (κ3) is 16.3. The number of piperazine rings is 1. The first kappa shape index (κ1) is 73.5. The highest BCUT2D eigenvalue weighted by Crippen LogP contribution is 2.50. The highest BCUT2D eigenvalue weighted by molar-refractivity contribution is 5.81. The summed E-state index contributed by atoms with van der Waals surface area (Å²) in [6.45, 7) is 63.6. The van der Waals surface area contributed by atoms with Crippen molar-refractivity contribution in [1.82, 2.24) is 19.6 Å². The van der Waals surface area contributed by atoms with Crippen LogP contribution in [0.1, 0.15) is 279 Å². The van der Waals surface area contributed by atoms with E-state index >= 15 is 0 Å². The molecule has 0 aromatic heterocycles. The topological polar surface area (TPSA) is 19.0 Å². The van der Waals surface area contributed by atoms with Crippen molar-refractivity contribution in [2.75, 3.05) is 26.2 Å². The molecule has 8 aromatic rings. The standard InChI is InChI=1S/C94H124N6/c1-87(2,3)73-49-65(50-74(57-73)88(4,5)6)61-97-81(69-37-29-25-30-38-69)82(70-39-31-26-32-40-70)98(62-66-51-75(89(7,8)9)58-76(52-66)90(10,11)12)85(97)95-45-47-96(48-46-95)86-99(63-67-53-77(91(13,14)15)59-78(54-67)92(16,17)18)83(71-41-33-27-34-42-71)84(72-43-35-28-36-44-72)100(86)64-68-55-79(93(19,20)21)60-80(56-68)94(22,23)24/h25-44,49-60,81-84H,45-48,61-64H2,1-24H3/q+2/t81-,82-,83-,84-/m0/s1. The van der Waals surface area contributed by atoms with E-state index in [1.165, 1.54) is 101 Å². The average molecular weight is 1340 g/mol. The van der Waals surface area contributed by atoms with Crippen molar-refractivity contribution in [2.24, 2.45) is 0 Å². The number of guanidine groups is 2. The maximum absolute atomic E-state index is 2.87. The summed E-state index contributed by atoms with van der Waals surface area (Å²) >= 11 is 0. The van der Waals surface area contributed by atoms with Crippen LogP contribution >= 0.6 is 0 Å². The quantitative estimate of drug-likeness (QED) is 0.114. The molecule has 8 aromatic carbocycles. The Hall–Kier alpha value is -7.70. The lowest BCUT2D eigenvalue weighted by Gasteiger charge is -2.31. The Morgan fingerprint density at radius 2 is 0.380 bits per heavy atom. The molecule has 3 heterocycles. The zero-order valence-electron chi connectivity index (χ0n) is 66.1. The number of rotatable bonds is 12. The van der Waals surface area contributed by atoms with Crippen LogP contribution in [-0.2, 0) is 69.5 Å². The molecule has 0 bridgehead atoms. The van der Waals surface area contributed by atoms with Crippen LogP contribution in [0.25, 0.3) is 0 Å². The van der Waals surface area contributed by atoms with Gasteiger partial charge in [-0.3, -0.25) is 9.15 Å². The first-order chi connectivity index (χ1) is 46.6. The number of hydrogen-bond acceptors (Lipinski definition) is 0. The van der Waals surface area contributed by atoms with Gasteiger partial charge in [0.1, 0.15) is 24.2 Å². The second-order valence-electron chi connectivity index (χ2n) is 38.2. The van der Waals surface area contributed by atoms with Crippen molar-refractivity contribution >= 4 is 11.9 Å². The van der Waals surface area contributed by atoms with Gasteiger partial charge in [-0.15, -0.1) is 0 Å². The Kier molecular flexibility index (Phi) is 20.3. The largest absolute Gasteiger partial charge is 0.352 e. The first-order valence-electron chi connectivity index (χ1n) is 37.7. The number of benzene rings is 8. The van der Waals surface area contributed by atoms with Crippen molar-refractivity contribution in [3.63, 3.8) is 0 Å². The van der Waals surface area contributed by atoms with Gasteiger partial charge in [-0.25, -0.2) is 19.6 Å². The molecule has 0 unspecified atom stereocenters. The van der Waals surface area contributed by atoms with E-state index in [9.17, 15) is 0 Å². The lowest BCUT2D eigenvalue weighted by atomic mass is 9.79. The molecule has 0 N–H and O–H groups in total. The van der Waals surface area contributed by atoms with Crippen molar-refractivity contribution in [3.8, 4) is 0 Å². The van der Waals surface area contributed by atoms with Gasteiger partial charge in [0.15, 0.2) is 0 Å². The van der Waals surface area contributed by atoms with Gasteiger partial charge in [-0.05, 0) is 132 Å². The van der Waals surface area contributed by atoms with E-state index in [1.54, 1.807) is 0 Å². The van der Waals surface area contributed by atoms with Gasteiger partial charge in [0, 0.05) is 0 Å². The van der Waals surface area contributed by atoms with E-state index in [-0.39, 0.29) is 67.5 Å². The molecule has 3 aliphatic heterocycles. The average Bonchev–Trinajstić information content (AvgIpc) is 1.58. The fourth-order valence-electron chi connectivity index (χ4n) is 15.5. The van der Waals surface area contributed by atoms with Crippen LogP contribution in [0.15, 0.2) is 194 Å². The summed E-state index contributed by atoms with van der Waals surface area (Å²) in [5.74, 6) is 2.63. The van der Waals surface area contributed by atoms with Gasteiger partial charge >= 0.3 is 11.9 Å². The lowest BCUT2D eigenvalue weighted by Crippen LogP contribution is -2.51. The van der Waals surface area contributed by atoms with Crippen LogP contribution < -0.4 is 0 Å². The number of nitrogens with zero attached hydrogens (tertiary/aromatic N) is 6. The molecule has 100 heavy (non-hydrogen) atoms. The molecular weight excluding hydrogens is 1210 g/mol. The zero-order chi connectivity index (χ0) is 72.5. The molecule has 0 aliphatic carbocycles. The van der Waals surface area contributed by atoms with Crippen molar-refractivity contribution in [2.45, 2.75) is 260 Å². The van der Waals surface area contributed by atoms with Crippen LogP contribution in [0.5, 0.6) is 0 Å². The molecule has 0 spiro atoms.